The van der Waals surface area contributed by atoms with E-state index in [0.717, 1.165) is 42.5 Å². The lowest BCUT2D eigenvalue weighted by Gasteiger charge is -2.20. The zero-order valence-electron chi connectivity index (χ0n) is 19.2. The van der Waals surface area contributed by atoms with E-state index < -0.39 is 5.97 Å². The molecule has 0 saturated carbocycles. The maximum Gasteiger partial charge on any atom is 0.305 e. The van der Waals surface area contributed by atoms with Crippen LogP contribution in [0.2, 0.25) is 0 Å². The molecule has 0 aliphatic carbocycles. The first-order valence-electron chi connectivity index (χ1n) is 11.4. The van der Waals surface area contributed by atoms with E-state index in [0.29, 0.717) is 11.3 Å². The Hall–Kier alpha value is -3.74. The third-order valence-electron chi connectivity index (χ3n) is 5.39. The Morgan fingerprint density at radius 3 is 2.38 bits per heavy atom. The molecular weight excluding hydrogens is 435 g/mol. The lowest BCUT2D eigenvalue weighted by atomic mass is 10.0. The Morgan fingerprint density at radius 2 is 1.76 bits per heavy atom. The van der Waals surface area contributed by atoms with Crippen molar-refractivity contribution in [2.45, 2.75) is 45.1 Å². The summed E-state index contributed by atoms with van der Waals surface area (Å²) < 4.78 is 19.5. The third-order valence-corrected chi connectivity index (χ3v) is 5.39. The van der Waals surface area contributed by atoms with Gasteiger partial charge in [-0.3, -0.25) is 14.6 Å². The standard InChI is InChI=1S/C27H29FN2O4/c1-2-3-4-5-25(21-10-15-24(30-18-21)19-6-11-22(28)12-7-19)34-23-13-8-20(9-14-23)27(33)29-17-16-26(31)32/h6-15,18,25H,2-5,16-17H2,1H3,(H,29,33)(H,31,32). The molecule has 7 heteroatoms. The number of pyridine rings is 1. The molecule has 1 aromatic heterocycles. The van der Waals surface area contributed by atoms with Crippen molar-refractivity contribution >= 4 is 11.9 Å². The third kappa shape index (κ3) is 7.40. The minimum atomic E-state index is -0.960. The van der Waals surface area contributed by atoms with E-state index in [-0.39, 0.29) is 30.8 Å². The number of nitrogens with zero attached hydrogens (tertiary/aromatic N) is 1. The van der Waals surface area contributed by atoms with Crippen LogP contribution in [-0.4, -0.2) is 28.5 Å². The summed E-state index contributed by atoms with van der Waals surface area (Å²) >= 11 is 0. The van der Waals surface area contributed by atoms with Gasteiger partial charge in [-0.25, -0.2) is 4.39 Å². The van der Waals surface area contributed by atoms with Gasteiger partial charge in [0.1, 0.15) is 17.7 Å². The molecule has 3 aromatic rings. The van der Waals surface area contributed by atoms with E-state index in [2.05, 4.69) is 17.2 Å². The van der Waals surface area contributed by atoms with Gasteiger partial charge in [0.25, 0.3) is 5.91 Å². The van der Waals surface area contributed by atoms with Crippen LogP contribution in [0.25, 0.3) is 11.3 Å². The van der Waals surface area contributed by atoms with E-state index in [1.807, 2.05) is 12.1 Å². The summed E-state index contributed by atoms with van der Waals surface area (Å²) in [4.78, 5) is 27.3. The summed E-state index contributed by atoms with van der Waals surface area (Å²) in [6.07, 6.45) is 5.49. The highest BCUT2D eigenvalue weighted by atomic mass is 19.1. The smallest absolute Gasteiger partial charge is 0.305 e. The lowest BCUT2D eigenvalue weighted by Crippen LogP contribution is -2.25. The second kappa shape index (κ2) is 12.5. The number of ether oxygens (including phenoxy) is 1. The number of rotatable bonds is 12. The normalized spacial score (nSPS) is 11.6. The van der Waals surface area contributed by atoms with Crippen molar-refractivity contribution in [3.05, 3.63) is 83.8 Å². The van der Waals surface area contributed by atoms with Crippen molar-refractivity contribution in [3.63, 3.8) is 0 Å². The van der Waals surface area contributed by atoms with E-state index in [1.54, 1.807) is 42.6 Å². The van der Waals surface area contributed by atoms with Crippen molar-refractivity contribution in [2.24, 2.45) is 0 Å². The fourth-order valence-electron chi connectivity index (χ4n) is 3.49. The molecule has 2 N–H and O–H groups in total. The Bertz CT molecular complexity index is 1070. The topological polar surface area (TPSA) is 88.5 Å². The molecule has 34 heavy (non-hydrogen) atoms. The number of halogens is 1. The molecule has 0 radical (unpaired) electrons. The van der Waals surface area contributed by atoms with Crippen LogP contribution in [0.15, 0.2) is 66.9 Å². The van der Waals surface area contributed by atoms with Crippen LogP contribution in [0, 0.1) is 5.82 Å². The maximum absolute atomic E-state index is 13.2. The van der Waals surface area contributed by atoms with Crippen molar-refractivity contribution in [3.8, 4) is 17.0 Å². The molecule has 0 aliphatic rings. The number of carboxylic acid groups (broad SMARTS) is 1. The molecule has 0 saturated heterocycles. The molecule has 0 aliphatic heterocycles. The maximum atomic E-state index is 13.2. The average Bonchev–Trinajstić information content (AvgIpc) is 2.84. The molecule has 3 rings (SSSR count). The van der Waals surface area contributed by atoms with Crippen molar-refractivity contribution in [1.82, 2.24) is 10.3 Å². The van der Waals surface area contributed by atoms with Gasteiger partial charge in [0.05, 0.1) is 12.1 Å². The molecule has 0 bridgehead atoms. The van der Waals surface area contributed by atoms with E-state index in [4.69, 9.17) is 9.84 Å². The molecule has 2 aromatic carbocycles. The van der Waals surface area contributed by atoms with E-state index in [9.17, 15) is 14.0 Å². The highest BCUT2D eigenvalue weighted by Gasteiger charge is 2.15. The minimum absolute atomic E-state index is 0.0762. The quantitative estimate of drug-likeness (QED) is 0.331. The summed E-state index contributed by atoms with van der Waals surface area (Å²) in [5.41, 5.74) is 2.98. The summed E-state index contributed by atoms with van der Waals surface area (Å²) in [5, 5.41) is 11.3. The fraction of sp³-hybridized carbons (Fsp3) is 0.296. The molecule has 178 valence electrons. The van der Waals surface area contributed by atoms with Gasteiger partial charge in [0, 0.05) is 29.4 Å². The van der Waals surface area contributed by atoms with Gasteiger partial charge in [0.2, 0.25) is 0 Å². The molecule has 1 amide bonds. The van der Waals surface area contributed by atoms with Crippen LogP contribution in [0.3, 0.4) is 0 Å². The zero-order chi connectivity index (χ0) is 24.3. The minimum Gasteiger partial charge on any atom is -0.486 e. The SMILES string of the molecule is CCCCCC(Oc1ccc(C(=O)NCCC(=O)O)cc1)c1ccc(-c2ccc(F)cc2)nc1. The zero-order valence-corrected chi connectivity index (χ0v) is 19.2. The van der Waals surface area contributed by atoms with Gasteiger partial charge in [-0.2, -0.15) is 0 Å². The molecule has 0 fully saturated rings. The highest BCUT2D eigenvalue weighted by Crippen LogP contribution is 2.28. The molecule has 0 spiro atoms. The summed E-state index contributed by atoms with van der Waals surface area (Å²) in [6.45, 7) is 2.22. The fourth-order valence-corrected chi connectivity index (χ4v) is 3.49. The van der Waals surface area contributed by atoms with Gasteiger partial charge in [-0.15, -0.1) is 0 Å². The second-order valence-electron chi connectivity index (χ2n) is 8.01. The number of carboxylic acids is 1. The number of amides is 1. The van der Waals surface area contributed by atoms with Crippen LogP contribution >= 0.6 is 0 Å². The monoisotopic (exact) mass is 464 g/mol. The van der Waals surface area contributed by atoms with Crippen LogP contribution in [0.1, 0.15) is 61.1 Å². The highest BCUT2D eigenvalue weighted by molar-refractivity contribution is 5.94. The molecule has 1 heterocycles. The van der Waals surface area contributed by atoms with Crippen LogP contribution in [0.4, 0.5) is 4.39 Å². The number of benzene rings is 2. The summed E-state index contributed by atoms with van der Waals surface area (Å²) in [7, 11) is 0. The predicted molar refractivity (Wildman–Crippen MR) is 128 cm³/mol. The summed E-state index contributed by atoms with van der Waals surface area (Å²) in [6, 6.07) is 16.9. The van der Waals surface area contributed by atoms with Gasteiger partial charge in [-0.1, -0.05) is 25.8 Å². The van der Waals surface area contributed by atoms with E-state index >= 15 is 0 Å². The molecular formula is C27H29FN2O4. The van der Waals surface area contributed by atoms with Crippen molar-refractivity contribution in [2.75, 3.05) is 6.54 Å². The number of hydrogen-bond donors (Lipinski definition) is 2. The second-order valence-corrected chi connectivity index (χ2v) is 8.01. The van der Waals surface area contributed by atoms with Crippen LogP contribution < -0.4 is 10.1 Å². The number of carbonyl (C=O) groups is 2. The van der Waals surface area contributed by atoms with Gasteiger partial charge >= 0.3 is 5.97 Å². The lowest BCUT2D eigenvalue weighted by molar-refractivity contribution is -0.136. The largest absolute Gasteiger partial charge is 0.486 e. The number of aromatic nitrogens is 1. The average molecular weight is 465 g/mol. The first-order valence-corrected chi connectivity index (χ1v) is 11.4. The molecule has 6 nitrogen and oxygen atoms in total. The molecule has 1 atom stereocenters. The first kappa shape index (κ1) is 24.9. The number of unbranched alkanes of at least 4 members (excludes halogenated alkanes) is 2. The van der Waals surface area contributed by atoms with Gasteiger partial charge in [0.15, 0.2) is 0 Å². The Labute approximate surface area is 198 Å². The first-order chi connectivity index (χ1) is 16.5. The Balaban J connectivity index is 1.69. The Morgan fingerprint density at radius 1 is 1.03 bits per heavy atom. The predicted octanol–water partition coefficient (Wildman–Crippen LogP) is 5.79. The van der Waals surface area contributed by atoms with Crippen molar-refractivity contribution < 1.29 is 23.8 Å². The molecule has 1 unspecified atom stereocenters. The number of hydrogen-bond acceptors (Lipinski definition) is 4. The number of nitrogens with one attached hydrogen (secondary N) is 1. The Kier molecular flexibility index (Phi) is 9.14. The van der Waals surface area contributed by atoms with Crippen LogP contribution in [-0.2, 0) is 4.79 Å². The van der Waals surface area contributed by atoms with Gasteiger partial charge in [-0.05, 0) is 67.4 Å². The summed E-state index contributed by atoms with van der Waals surface area (Å²) in [5.74, 6) is -0.939. The van der Waals surface area contributed by atoms with E-state index in [1.165, 1.54) is 12.1 Å². The van der Waals surface area contributed by atoms with Gasteiger partial charge < -0.3 is 15.2 Å². The van der Waals surface area contributed by atoms with Crippen molar-refractivity contribution in [1.29, 1.82) is 0 Å². The number of carbonyl (C=O) groups excluding carboxylic acids is 1. The van der Waals surface area contributed by atoms with Crippen LogP contribution in [0.5, 0.6) is 5.75 Å². The number of aliphatic carboxylic acids is 1.